The van der Waals surface area contributed by atoms with Crippen molar-refractivity contribution < 1.29 is 14.3 Å². The zero-order valence-corrected chi connectivity index (χ0v) is 16.1. The van der Waals surface area contributed by atoms with Crippen LogP contribution in [0.15, 0.2) is 66.7 Å². The number of nitrogens with one attached hydrogen (secondary N) is 1. The maximum absolute atomic E-state index is 12.7. The smallest absolute Gasteiger partial charge is 0.339 e. The van der Waals surface area contributed by atoms with Crippen molar-refractivity contribution in [2.45, 2.75) is 12.5 Å². The molecule has 0 aromatic heterocycles. The lowest BCUT2D eigenvalue weighted by atomic mass is 9.93. The Bertz CT molecular complexity index is 1070. The fourth-order valence-corrected chi connectivity index (χ4v) is 3.63. The lowest BCUT2D eigenvalue weighted by Crippen LogP contribution is -2.23. The van der Waals surface area contributed by atoms with E-state index in [2.05, 4.69) is 5.32 Å². The van der Waals surface area contributed by atoms with Crippen molar-refractivity contribution in [3.05, 3.63) is 99.0 Å². The molecule has 0 saturated carbocycles. The standard InChI is InChI=1S/C22H15Cl2NO3/c23-16-7-9-19(18(24)12-16)25-21(26)14-6-8-17-15(10-14)11-20(28-22(17)27)13-4-2-1-3-5-13/h1-10,12,20H,11H2,(H,25,26). The maximum Gasteiger partial charge on any atom is 0.339 e. The Morgan fingerprint density at radius 3 is 2.54 bits per heavy atom. The molecular weight excluding hydrogens is 397 g/mol. The Hall–Kier alpha value is -2.82. The summed E-state index contributed by atoms with van der Waals surface area (Å²) in [7, 11) is 0. The van der Waals surface area contributed by atoms with E-state index in [1.54, 1.807) is 36.4 Å². The largest absolute Gasteiger partial charge is 0.454 e. The summed E-state index contributed by atoms with van der Waals surface area (Å²) < 4.78 is 5.55. The van der Waals surface area contributed by atoms with Crippen LogP contribution in [0.1, 0.15) is 37.9 Å². The van der Waals surface area contributed by atoms with Crippen LogP contribution in [0.5, 0.6) is 0 Å². The zero-order chi connectivity index (χ0) is 19.7. The Labute approximate surface area is 172 Å². The van der Waals surface area contributed by atoms with Gasteiger partial charge in [-0.2, -0.15) is 0 Å². The molecule has 0 bridgehead atoms. The van der Waals surface area contributed by atoms with Crippen LogP contribution in [-0.4, -0.2) is 11.9 Å². The van der Waals surface area contributed by atoms with Crippen molar-refractivity contribution in [3.63, 3.8) is 0 Å². The van der Waals surface area contributed by atoms with Crippen LogP contribution in [0.25, 0.3) is 0 Å². The highest BCUT2D eigenvalue weighted by Gasteiger charge is 2.28. The topological polar surface area (TPSA) is 55.4 Å². The Balaban J connectivity index is 1.59. The third kappa shape index (κ3) is 3.75. The molecular formula is C22H15Cl2NO3. The average molecular weight is 412 g/mol. The van der Waals surface area contributed by atoms with Crippen molar-refractivity contribution in [1.82, 2.24) is 0 Å². The van der Waals surface area contributed by atoms with Gasteiger partial charge in [-0.15, -0.1) is 0 Å². The summed E-state index contributed by atoms with van der Waals surface area (Å²) in [5.74, 6) is -0.704. The Morgan fingerprint density at radius 1 is 1.00 bits per heavy atom. The van der Waals surface area contributed by atoms with Crippen molar-refractivity contribution in [2.75, 3.05) is 5.32 Å². The minimum absolute atomic E-state index is 0.317. The quantitative estimate of drug-likeness (QED) is 0.562. The van der Waals surface area contributed by atoms with Gasteiger partial charge in [0.05, 0.1) is 16.3 Å². The van der Waals surface area contributed by atoms with E-state index < -0.39 is 0 Å². The van der Waals surface area contributed by atoms with Gasteiger partial charge in [-0.1, -0.05) is 53.5 Å². The first-order valence-corrected chi connectivity index (χ1v) is 9.42. The second-order valence-corrected chi connectivity index (χ2v) is 7.30. The van der Waals surface area contributed by atoms with E-state index >= 15 is 0 Å². The van der Waals surface area contributed by atoms with Crippen LogP contribution in [-0.2, 0) is 11.2 Å². The summed E-state index contributed by atoms with van der Waals surface area (Å²) in [6.07, 6.45) is 0.138. The van der Waals surface area contributed by atoms with Gasteiger partial charge in [0, 0.05) is 17.0 Å². The SMILES string of the molecule is O=C(Nc1ccc(Cl)cc1Cl)c1ccc2c(c1)CC(c1ccccc1)OC2=O. The molecule has 4 rings (SSSR count). The molecule has 3 aromatic rings. The fraction of sp³-hybridized carbons (Fsp3) is 0.0909. The summed E-state index contributed by atoms with van der Waals surface area (Å²) >= 11 is 12.0. The first kappa shape index (κ1) is 18.5. The number of benzene rings is 3. The number of carbonyl (C=O) groups excluding carboxylic acids is 2. The van der Waals surface area contributed by atoms with E-state index in [0.717, 1.165) is 11.1 Å². The molecule has 1 aliphatic rings. The van der Waals surface area contributed by atoms with Crippen LogP contribution < -0.4 is 5.32 Å². The molecule has 0 radical (unpaired) electrons. The molecule has 4 nitrogen and oxygen atoms in total. The monoisotopic (exact) mass is 411 g/mol. The van der Waals surface area contributed by atoms with E-state index in [1.807, 2.05) is 30.3 Å². The molecule has 0 saturated heterocycles. The molecule has 1 atom stereocenters. The predicted octanol–water partition coefficient (Wildman–Crippen LogP) is 5.70. The maximum atomic E-state index is 12.7. The number of rotatable bonds is 3. The van der Waals surface area contributed by atoms with Crippen molar-refractivity contribution in [3.8, 4) is 0 Å². The van der Waals surface area contributed by atoms with Gasteiger partial charge in [-0.25, -0.2) is 4.79 Å². The van der Waals surface area contributed by atoms with E-state index in [-0.39, 0.29) is 18.0 Å². The fourth-order valence-electron chi connectivity index (χ4n) is 3.18. The van der Waals surface area contributed by atoms with Crippen molar-refractivity contribution >= 4 is 40.8 Å². The summed E-state index contributed by atoms with van der Waals surface area (Å²) in [4.78, 5) is 25.0. The van der Waals surface area contributed by atoms with Gasteiger partial charge < -0.3 is 10.1 Å². The van der Waals surface area contributed by atoms with Gasteiger partial charge in [-0.3, -0.25) is 4.79 Å². The zero-order valence-electron chi connectivity index (χ0n) is 14.6. The molecule has 140 valence electrons. The van der Waals surface area contributed by atoms with Gasteiger partial charge in [0.1, 0.15) is 6.10 Å². The number of halogens is 2. The van der Waals surface area contributed by atoms with E-state index in [4.69, 9.17) is 27.9 Å². The lowest BCUT2D eigenvalue weighted by molar-refractivity contribution is 0.0252. The molecule has 1 unspecified atom stereocenters. The Morgan fingerprint density at radius 2 is 1.79 bits per heavy atom. The Kier molecular flexibility index (Phi) is 5.07. The molecule has 1 aliphatic heterocycles. The highest BCUT2D eigenvalue weighted by Crippen LogP contribution is 2.31. The third-order valence-corrected chi connectivity index (χ3v) is 5.14. The van der Waals surface area contributed by atoms with E-state index in [0.29, 0.717) is 33.3 Å². The van der Waals surface area contributed by atoms with Crippen molar-refractivity contribution in [2.24, 2.45) is 0 Å². The predicted molar refractivity (Wildman–Crippen MR) is 109 cm³/mol. The highest BCUT2D eigenvalue weighted by atomic mass is 35.5. The number of hydrogen-bond acceptors (Lipinski definition) is 3. The molecule has 0 aliphatic carbocycles. The first-order valence-electron chi connectivity index (χ1n) is 8.66. The second kappa shape index (κ2) is 7.66. The lowest BCUT2D eigenvalue weighted by Gasteiger charge is -2.25. The second-order valence-electron chi connectivity index (χ2n) is 6.46. The summed E-state index contributed by atoms with van der Waals surface area (Å²) in [6.45, 7) is 0. The number of hydrogen-bond donors (Lipinski definition) is 1. The van der Waals surface area contributed by atoms with Crippen molar-refractivity contribution in [1.29, 1.82) is 0 Å². The van der Waals surface area contributed by atoms with Gasteiger partial charge >= 0.3 is 5.97 Å². The summed E-state index contributed by atoms with van der Waals surface area (Å²) in [5.41, 5.74) is 3.08. The average Bonchev–Trinajstić information content (AvgIpc) is 2.70. The van der Waals surface area contributed by atoms with Crippen LogP contribution in [0, 0.1) is 0 Å². The number of carbonyl (C=O) groups is 2. The normalized spacial score (nSPS) is 15.5. The molecule has 0 spiro atoms. The van der Waals surface area contributed by atoms with Crippen LogP contribution in [0.2, 0.25) is 10.0 Å². The first-order chi connectivity index (χ1) is 13.5. The molecule has 1 N–H and O–H groups in total. The van der Waals surface area contributed by atoms with Gasteiger partial charge in [0.25, 0.3) is 5.91 Å². The minimum atomic E-state index is -0.386. The summed E-state index contributed by atoms with van der Waals surface area (Å²) in [6, 6.07) is 19.4. The molecule has 6 heteroatoms. The van der Waals surface area contributed by atoms with Crippen LogP contribution >= 0.6 is 23.2 Å². The molecule has 1 amide bonds. The van der Waals surface area contributed by atoms with Gasteiger partial charge in [0.2, 0.25) is 0 Å². The van der Waals surface area contributed by atoms with Gasteiger partial charge in [0.15, 0.2) is 0 Å². The molecule has 1 heterocycles. The van der Waals surface area contributed by atoms with E-state index in [1.165, 1.54) is 0 Å². The third-order valence-electron chi connectivity index (χ3n) is 4.59. The minimum Gasteiger partial charge on any atom is -0.454 e. The summed E-state index contributed by atoms with van der Waals surface area (Å²) in [5, 5.41) is 3.61. The number of esters is 1. The number of amides is 1. The number of cyclic esters (lactones) is 1. The van der Waals surface area contributed by atoms with Crippen LogP contribution in [0.3, 0.4) is 0 Å². The number of anilines is 1. The van der Waals surface area contributed by atoms with Gasteiger partial charge in [-0.05, 0) is 47.5 Å². The highest BCUT2D eigenvalue weighted by molar-refractivity contribution is 6.36. The molecule has 3 aromatic carbocycles. The number of ether oxygens (including phenoxy) is 1. The molecule has 0 fully saturated rings. The molecule has 28 heavy (non-hydrogen) atoms. The number of fused-ring (bicyclic) bond motifs is 1. The van der Waals surface area contributed by atoms with E-state index in [9.17, 15) is 9.59 Å². The van der Waals surface area contributed by atoms with Crippen LogP contribution in [0.4, 0.5) is 5.69 Å².